The average molecular weight is 276 g/mol. The summed E-state index contributed by atoms with van der Waals surface area (Å²) in [6.45, 7) is 6.88. The number of nitrogens with one attached hydrogen (secondary N) is 1. The number of hydrogen-bond acceptors (Lipinski definition) is 4. The largest absolute Gasteiger partial charge is 0.379 e. The van der Waals surface area contributed by atoms with Gasteiger partial charge in [-0.05, 0) is 32.9 Å². The molecular formula is C15H20N2OS. The van der Waals surface area contributed by atoms with Gasteiger partial charge < -0.3 is 10.1 Å². The van der Waals surface area contributed by atoms with Gasteiger partial charge in [0.1, 0.15) is 10.6 Å². The third-order valence-corrected chi connectivity index (χ3v) is 4.30. The van der Waals surface area contributed by atoms with Crippen molar-refractivity contribution in [2.24, 2.45) is 0 Å². The van der Waals surface area contributed by atoms with Crippen molar-refractivity contribution < 1.29 is 4.74 Å². The van der Waals surface area contributed by atoms with E-state index in [1.54, 1.807) is 18.4 Å². The van der Waals surface area contributed by atoms with Crippen LogP contribution in [0.2, 0.25) is 0 Å². The molecule has 3 nitrogen and oxygen atoms in total. The van der Waals surface area contributed by atoms with Gasteiger partial charge in [0.05, 0.1) is 12.2 Å². The van der Waals surface area contributed by atoms with Crippen LogP contribution in [0.5, 0.6) is 0 Å². The number of nitrogens with zero attached hydrogens (tertiary/aromatic N) is 1. The van der Waals surface area contributed by atoms with E-state index < -0.39 is 0 Å². The van der Waals surface area contributed by atoms with E-state index in [-0.39, 0.29) is 5.60 Å². The molecule has 0 aliphatic rings. The Hall–Kier alpha value is -1.39. The molecule has 0 atom stereocenters. The lowest BCUT2D eigenvalue weighted by atomic mass is 10.1. The second-order valence-corrected chi connectivity index (χ2v) is 5.94. The molecule has 0 aliphatic heterocycles. The molecule has 1 aromatic carbocycles. The van der Waals surface area contributed by atoms with Crippen LogP contribution >= 0.6 is 11.3 Å². The number of thiazole rings is 1. The summed E-state index contributed by atoms with van der Waals surface area (Å²) in [7, 11) is 1.71. The average Bonchev–Trinajstić information content (AvgIpc) is 2.88. The van der Waals surface area contributed by atoms with Crippen molar-refractivity contribution in [1.82, 2.24) is 4.98 Å². The topological polar surface area (TPSA) is 34.1 Å². The molecular weight excluding hydrogens is 256 g/mol. The van der Waals surface area contributed by atoms with E-state index in [1.165, 1.54) is 5.56 Å². The Morgan fingerprint density at radius 3 is 2.58 bits per heavy atom. The summed E-state index contributed by atoms with van der Waals surface area (Å²) in [5.41, 5.74) is 3.12. The van der Waals surface area contributed by atoms with Gasteiger partial charge in [0, 0.05) is 18.2 Å². The number of aryl methyl sites for hydroxylation is 1. The molecule has 2 aromatic rings. The molecule has 19 heavy (non-hydrogen) atoms. The molecule has 0 fully saturated rings. The van der Waals surface area contributed by atoms with E-state index in [9.17, 15) is 0 Å². The first kappa shape index (κ1) is 14.0. The van der Waals surface area contributed by atoms with Gasteiger partial charge in [-0.25, -0.2) is 4.98 Å². The SMILES string of the molecule is COC(C)(C)c1nc(CNc2ccc(C)cc2)cs1. The van der Waals surface area contributed by atoms with Gasteiger partial charge in [0.25, 0.3) is 0 Å². The van der Waals surface area contributed by atoms with Gasteiger partial charge in [-0.15, -0.1) is 11.3 Å². The Labute approximate surface area is 118 Å². The molecule has 102 valence electrons. The molecule has 0 saturated heterocycles. The Balaban J connectivity index is 1.99. The zero-order valence-electron chi connectivity index (χ0n) is 11.9. The van der Waals surface area contributed by atoms with Crippen LogP contribution in [-0.2, 0) is 16.9 Å². The van der Waals surface area contributed by atoms with Crippen molar-refractivity contribution in [3.8, 4) is 0 Å². The number of anilines is 1. The summed E-state index contributed by atoms with van der Waals surface area (Å²) < 4.78 is 5.44. The highest BCUT2D eigenvalue weighted by molar-refractivity contribution is 7.09. The number of aromatic nitrogens is 1. The number of ether oxygens (including phenoxy) is 1. The molecule has 0 aliphatic carbocycles. The fourth-order valence-electron chi connectivity index (χ4n) is 1.62. The van der Waals surface area contributed by atoms with Crippen LogP contribution < -0.4 is 5.32 Å². The smallest absolute Gasteiger partial charge is 0.124 e. The predicted molar refractivity (Wildman–Crippen MR) is 80.7 cm³/mol. The van der Waals surface area contributed by atoms with Crippen LogP contribution in [0.4, 0.5) is 5.69 Å². The Bertz CT molecular complexity index is 531. The minimum absolute atomic E-state index is 0.313. The standard InChI is InChI=1S/C15H20N2OS/c1-11-5-7-12(8-6-11)16-9-13-10-19-14(17-13)15(2,3)18-4/h5-8,10,16H,9H2,1-4H3. The van der Waals surface area contributed by atoms with Crippen LogP contribution in [0.15, 0.2) is 29.6 Å². The number of hydrogen-bond donors (Lipinski definition) is 1. The summed E-state index contributed by atoms with van der Waals surface area (Å²) in [5.74, 6) is 0. The van der Waals surface area contributed by atoms with E-state index in [0.29, 0.717) is 0 Å². The quantitative estimate of drug-likeness (QED) is 0.898. The molecule has 0 unspecified atom stereocenters. The van der Waals surface area contributed by atoms with Gasteiger partial charge in [-0.1, -0.05) is 17.7 Å². The predicted octanol–water partition coefficient (Wildman–Crippen LogP) is 3.95. The normalized spacial score (nSPS) is 11.6. The van der Waals surface area contributed by atoms with Crippen molar-refractivity contribution >= 4 is 17.0 Å². The van der Waals surface area contributed by atoms with Crippen LogP contribution in [0, 0.1) is 6.92 Å². The molecule has 2 rings (SSSR count). The van der Waals surface area contributed by atoms with Crippen molar-refractivity contribution in [1.29, 1.82) is 0 Å². The van der Waals surface area contributed by atoms with E-state index in [2.05, 4.69) is 46.9 Å². The highest BCUT2D eigenvalue weighted by Gasteiger charge is 2.23. The zero-order valence-corrected chi connectivity index (χ0v) is 12.7. The van der Waals surface area contributed by atoms with Crippen LogP contribution in [0.25, 0.3) is 0 Å². The van der Waals surface area contributed by atoms with E-state index in [4.69, 9.17) is 4.74 Å². The molecule has 0 saturated carbocycles. The third-order valence-electron chi connectivity index (χ3n) is 3.10. The molecule has 0 radical (unpaired) electrons. The summed E-state index contributed by atoms with van der Waals surface area (Å²) >= 11 is 1.64. The molecule has 1 aromatic heterocycles. The fraction of sp³-hybridized carbons (Fsp3) is 0.400. The van der Waals surface area contributed by atoms with Gasteiger partial charge in [-0.2, -0.15) is 0 Å². The van der Waals surface area contributed by atoms with Gasteiger partial charge in [0.15, 0.2) is 0 Å². The molecule has 4 heteroatoms. The van der Waals surface area contributed by atoms with Crippen LogP contribution in [0.3, 0.4) is 0 Å². The minimum atomic E-state index is -0.313. The van der Waals surface area contributed by atoms with Gasteiger partial charge in [-0.3, -0.25) is 0 Å². The first-order valence-electron chi connectivity index (χ1n) is 6.32. The summed E-state index contributed by atoms with van der Waals surface area (Å²) in [6, 6.07) is 8.37. The lowest BCUT2D eigenvalue weighted by Crippen LogP contribution is -2.19. The second-order valence-electron chi connectivity index (χ2n) is 5.08. The summed E-state index contributed by atoms with van der Waals surface area (Å²) in [6.07, 6.45) is 0. The fourth-order valence-corrected chi connectivity index (χ4v) is 2.54. The van der Waals surface area contributed by atoms with Crippen LogP contribution in [0.1, 0.15) is 30.1 Å². The zero-order chi connectivity index (χ0) is 13.9. The monoisotopic (exact) mass is 276 g/mol. The summed E-state index contributed by atoms with van der Waals surface area (Å²) in [5, 5.41) is 6.46. The molecule has 1 heterocycles. The first-order chi connectivity index (χ1) is 9.01. The highest BCUT2D eigenvalue weighted by atomic mass is 32.1. The lowest BCUT2D eigenvalue weighted by molar-refractivity contribution is 0.0189. The Morgan fingerprint density at radius 1 is 1.26 bits per heavy atom. The maximum atomic E-state index is 5.44. The van der Waals surface area contributed by atoms with E-state index >= 15 is 0 Å². The van der Waals surface area contributed by atoms with Crippen molar-refractivity contribution in [2.75, 3.05) is 12.4 Å². The van der Waals surface area contributed by atoms with Crippen LogP contribution in [-0.4, -0.2) is 12.1 Å². The lowest BCUT2D eigenvalue weighted by Gasteiger charge is -2.19. The van der Waals surface area contributed by atoms with E-state index in [0.717, 1.165) is 22.9 Å². The summed E-state index contributed by atoms with van der Waals surface area (Å²) in [4.78, 5) is 4.62. The maximum absolute atomic E-state index is 5.44. The van der Waals surface area contributed by atoms with Crippen molar-refractivity contribution in [3.05, 3.63) is 45.9 Å². The molecule has 1 N–H and O–H groups in total. The first-order valence-corrected chi connectivity index (χ1v) is 7.20. The van der Waals surface area contributed by atoms with Crippen molar-refractivity contribution in [3.63, 3.8) is 0 Å². The minimum Gasteiger partial charge on any atom is -0.379 e. The van der Waals surface area contributed by atoms with Gasteiger partial charge >= 0.3 is 0 Å². The number of methoxy groups -OCH3 is 1. The number of rotatable bonds is 5. The Morgan fingerprint density at radius 2 is 1.95 bits per heavy atom. The third kappa shape index (κ3) is 3.55. The molecule has 0 bridgehead atoms. The number of benzene rings is 1. The van der Waals surface area contributed by atoms with Crippen molar-refractivity contribution in [2.45, 2.75) is 32.9 Å². The molecule has 0 spiro atoms. The second kappa shape index (κ2) is 5.72. The maximum Gasteiger partial charge on any atom is 0.124 e. The highest BCUT2D eigenvalue weighted by Crippen LogP contribution is 2.27. The van der Waals surface area contributed by atoms with E-state index in [1.807, 2.05) is 13.8 Å². The van der Waals surface area contributed by atoms with Gasteiger partial charge in [0.2, 0.25) is 0 Å². The Kier molecular flexibility index (Phi) is 4.22. The molecule has 0 amide bonds.